The lowest BCUT2D eigenvalue weighted by atomic mass is 9.93. The van der Waals surface area contributed by atoms with Crippen molar-refractivity contribution in [1.82, 2.24) is 24.9 Å². The van der Waals surface area contributed by atoms with Gasteiger partial charge in [0.15, 0.2) is 0 Å². The molecule has 1 amide bonds. The number of carbonyl (C=O) groups excluding carboxylic acids is 1. The van der Waals surface area contributed by atoms with E-state index in [9.17, 15) is 18.0 Å². The Bertz CT molecular complexity index is 1280. The summed E-state index contributed by atoms with van der Waals surface area (Å²) in [6.45, 7) is 1.22. The number of nitrogens with one attached hydrogen (secondary N) is 1. The zero-order valence-electron chi connectivity index (χ0n) is 18.9. The highest BCUT2D eigenvalue weighted by Gasteiger charge is 2.33. The Kier molecular flexibility index (Phi) is 6.15. The SMILES string of the molecule is O=C(c1ccc(Cn2cccn2)cc1)N1CCCC[C@@H]1c1[nH]ncc1-c1ccc(C(F)(F)F)cc1. The van der Waals surface area contributed by atoms with Gasteiger partial charge >= 0.3 is 6.18 Å². The molecule has 1 N–H and O–H groups in total. The summed E-state index contributed by atoms with van der Waals surface area (Å²) >= 11 is 0. The van der Waals surface area contributed by atoms with Crippen LogP contribution in [0.5, 0.6) is 0 Å². The van der Waals surface area contributed by atoms with Gasteiger partial charge in [-0.1, -0.05) is 24.3 Å². The minimum absolute atomic E-state index is 0.0756. The third kappa shape index (κ3) is 4.84. The number of hydrogen-bond acceptors (Lipinski definition) is 3. The minimum atomic E-state index is -4.39. The van der Waals surface area contributed by atoms with E-state index in [1.165, 1.54) is 12.1 Å². The van der Waals surface area contributed by atoms with Crippen LogP contribution < -0.4 is 0 Å². The number of alkyl halides is 3. The van der Waals surface area contributed by atoms with Crippen LogP contribution in [-0.2, 0) is 12.7 Å². The molecule has 1 aliphatic heterocycles. The molecule has 9 heteroatoms. The van der Waals surface area contributed by atoms with Gasteiger partial charge in [-0.25, -0.2) is 0 Å². The van der Waals surface area contributed by atoms with Crippen LogP contribution in [0.1, 0.15) is 52.5 Å². The number of carbonyl (C=O) groups is 1. The van der Waals surface area contributed by atoms with Crippen molar-refractivity contribution in [1.29, 1.82) is 0 Å². The lowest BCUT2D eigenvalue weighted by molar-refractivity contribution is -0.137. The monoisotopic (exact) mass is 479 g/mol. The summed E-state index contributed by atoms with van der Waals surface area (Å²) in [6.07, 6.45) is 3.42. The molecule has 5 rings (SSSR count). The maximum atomic E-state index is 13.5. The van der Waals surface area contributed by atoms with Crippen LogP contribution in [0, 0.1) is 0 Å². The molecule has 35 heavy (non-hydrogen) atoms. The fraction of sp³-hybridized carbons (Fsp3) is 0.269. The molecule has 1 atom stereocenters. The number of amides is 1. The predicted octanol–water partition coefficient (Wildman–Crippen LogP) is 5.71. The second kappa shape index (κ2) is 9.40. The fourth-order valence-corrected chi connectivity index (χ4v) is 4.59. The summed E-state index contributed by atoms with van der Waals surface area (Å²) in [5.41, 5.74) is 3.01. The van der Waals surface area contributed by atoms with Crippen LogP contribution in [0.4, 0.5) is 13.2 Å². The average Bonchev–Trinajstić information content (AvgIpc) is 3.56. The number of nitrogens with zero attached hydrogens (tertiary/aromatic N) is 4. The summed E-state index contributed by atoms with van der Waals surface area (Å²) in [4.78, 5) is 15.3. The van der Waals surface area contributed by atoms with Crippen molar-refractivity contribution < 1.29 is 18.0 Å². The number of aromatic amines is 1. The van der Waals surface area contributed by atoms with E-state index in [1.54, 1.807) is 12.4 Å². The predicted molar refractivity (Wildman–Crippen MR) is 124 cm³/mol. The van der Waals surface area contributed by atoms with Crippen molar-refractivity contribution in [2.24, 2.45) is 0 Å². The Labute approximate surface area is 200 Å². The van der Waals surface area contributed by atoms with Gasteiger partial charge in [0.05, 0.1) is 30.0 Å². The zero-order valence-corrected chi connectivity index (χ0v) is 18.9. The van der Waals surface area contributed by atoms with Gasteiger partial charge in [0.2, 0.25) is 0 Å². The van der Waals surface area contributed by atoms with Gasteiger partial charge in [0, 0.05) is 30.1 Å². The van der Waals surface area contributed by atoms with Crippen LogP contribution in [0.2, 0.25) is 0 Å². The third-order valence-electron chi connectivity index (χ3n) is 6.39. The molecular formula is C26H24F3N5O. The molecule has 4 aromatic rings. The van der Waals surface area contributed by atoms with E-state index in [-0.39, 0.29) is 11.9 Å². The lowest BCUT2D eigenvalue weighted by Crippen LogP contribution is -2.38. The Morgan fingerprint density at radius 3 is 2.51 bits per heavy atom. The molecule has 1 saturated heterocycles. The molecule has 0 saturated carbocycles. The quantitative estimate of drug-likeness (QED) is 0.399. The molecule has 0 aliphatic carbocycles. The topological polar surface area (TPSA) is 66.8 Å². The lowest BCUT2D eigenvalue weighted by Gasteiger charge is -2.36. The number of likely N-dealkylation sites (tertiary alicyclic amines) is 1. The van der Waals surface area contributed by atoms with Crippen LogP contribution in [-0.4, -0.2) is 37.3 Å². The summed E-state index contributed by atoms with van der Waals surface area (Å²) < 4.78 is 40.8. The van der Waals surface area contributed by atoms with E-state index < -0.39 is 11.7 Å². The Morgan fingerprint density at radius 1 is 1.06 bits per heavy atom. The second-order valence-electron chi connectivity index (χ2n) is 8.68. The highest BCUT2D eigenvalue weighted by molar-refractivity contribution is 5.94. The maximum absolute atomic E-state index is 13.5. The molecule has 2 aromatic carbocycles. The Morgan fingerprint density at radius 2 is 1.83 bits per heavy atom. The fourth-order valence-electron chi connectivity index (χ4n) is 4.59. The van der Waals surface area contributed by atoms with Crippen molar-refractivity contribution >= 4 is 5.91 Å². The van der Waals surface area contributed by atoms with E-state index in [2.05, 4.69) is 15.3 Å². The summed E-state index contributed by atoms with van der Waals surface area (Å²) in [5, 5.41) is 11.4. The highest BCUT2D eigenvalue weighted by Crippen LogP contribution is 2.37. The van der Waals surface area contributed by atoms with Crippen LogP contribution in [0.25, 0.3) is 11.1 Å². The van der Waals surface area contributed by atoms with E-state index in [4.69, 9.17) is 0 Å². The van der Waals surface area contributed by atoms with Gasteiger partial charge in [-0.2, -0.15) is 23.4 Å². The number of aromatic nitrogens is 4. The molecule has 0 bridgehead atoms. The van der Waals surface area contributed by atoms with Crippen molar-refractivity contribution in [2.45, 2.75) is 38.0 Å². The smallest absolute Gasteiger partial charge is 0.330 e. The van der Waals surface area contributed by atoms with Crippen molar-refractivity contribution in [3.05, 3.63) is 95.6 Å². The normalized spacial score (nSPS) is 16.4. The number of hydrogen-bond donors (Lipinski definition) is 1. The van der Waals surface area contributed by atoms with E-state index in [1.807, 2.05) is 46.1 Å². The number of piperidine rings is 1. The van der Waals surface area contributed by atoms with E-state index in [0.29, 0.717) is 29.8 Å². The highest BCUT2D eigenvalue weighted by atomic mass is 19.4. The van der Waals surface area contributed by atoms with Crippen molar-refractivity contribution in [2.75, 3.05) is 6.54 Å². The Balaban J connectivity index is 1.38. The first kappa shape index (κ1) is 22.9. The van der Waals surface area contributed by atoms with E-state index in [0.717, 1.165) is 42.7 Å². The van der Waals surface area contributed by atoms with Crippen LogP contribution in [0.3, 0.4) is 0 Å². The standard InChI is InChI=1S/C26H24F3N5O/c27-26(28,29)21-11-9-19(10-12-21)22-16-30-32-24(22)23-4-1-2-15-34(23)25(35)20-7-5-18(6-8-20)17-33-14-3-13-31-33/h3,5-14,16,23H,1-2,4,15,17H2,(H,30,32)/t23-/m1/s1. The molecule has 1 fully saturated rings. The van der Waals surface area contributed by atoms with E-state index >= 15 is 0 Å². The largest absolute Gasteiger partial charge is 0.416 e. The molecule has 0 radical (unpaired) electrons. The summed E-state index contributed by atoms with van der Waals surface area (Å²) in [6, 6.07) is 14.2. The third-order valence-corrected chi connectivity index (χ3v) is 6.39. The van der Waals surface area contributed by atoms with Crippen molar-refractivity contribution in [3.8, 4) is 11.1 Å². The average molecular weight is 480 g/mol. The van der Waals surface area contributed by atoms with Gasteiger partial charge in [-0.3, -0.25) is 14.6 Å². The molecule has 3 heterocycles. The van der Waals surface area contributed by atoms with Crippen LogP contribution in [0.15, 0.2) is 73.2 Å². The molecule has 6 nitrogen and oxygen atoms in total. The first-order valence-corrected chi connectivity index (χ1v) is 11.5. The molecule has 2 aromatic heterocycles. The number of rotatable bonds is 5. The van der Waals surface area contributed by atoms with Gasteiger partial charge in [0.1, 0.15) is 0 Å². The number of H-pyrrole nitrogens is 1. The summed E-state index contributed by atoms with van der Waals surface area (Å²) in [5.74, 6) is -0.0756. The first-order chi connectivity index (χ1) is 16.9. The molecule has 180 valence electrons. The van der Waals surface area contributed by atoms with Crippen LogP contribution >= 0.6 is 0 Å². The van der Waals surface area contributed by atoms with Gasteiger partial charge in [-0.15, -0.1) is 0 Å². The van der Waals surface area contributed by atoms with Gasteiger partial charge < -0.3 is 4.90 Å². The van der Waals surface area contributed by atoms with Gasteiger partial charge in [0.25, 0.3) is 5.91 Å². The first-order valence-electron chi connectivity index (χ1n) is 11.5. The number of benzene rings is 2. The second-order valence-corrected chi connectivity index (χ2v) is 8.68. The molecular weight excluding hydrogens is 455 g/mol. The zero-order chi connectivity index (χ0) is 24.4. The number of halogens is 3. The molecule has 0 spiro atoms. The molecule has 0 unspecified atom stereocenters. The summed E-state index contributed by atoms with van der Waals surface area (Å²) in [7, 11) is 0. The minimum Gasteiger partial charge on any atom is -0.330 e. The van der Waals surface area contributed by atoms with Crippen molar-refractivity contribution in [3.63, 3.8) is 0 Å². The Hall–Kier alpha value is -3.88. The van der Waals surface area contributed by atoms with Gasteiger partial charge in [-0.05, 0) is 60.7 Å². The molecule has 1 aliphatic rings. The maximum Gasteiger partial charge on any atom is 0.416 e.